The highest BCUT2D eigenvalue weighted by Gasteiger charge is 2.37. The second-order valence-electron chi connectivity index (χ2n) is 8.33. The van der Waals surface area contributed by atoms with E-state index in [0.717, 1.165) is 38.8 Å². The standard InChI is InChI=1S/C21H33NO2.ClH/c1-21(2,22-14-8-9-15-22)16-24-20(23)19(18-12-6-7-13-18)17-10-4-3-5-11-17;/h4,6,10,12,17-19H,3,5,7-9,11,13-16H2,1-2H3;1H. The van der Waals surface area contributed by atoms with E-state index in [-0.39, 0.29) is 29.8 Å². The molecule has 1 aliphatic heterocycles. The third kappa shape index (κ3) is 5.10. The highest BCUT2D eigenvalue weighted by molar-refractivity contribution is 5.85. The van der Waals surface area contributed by atoms with Gasteiger partial charge in [0.25, 0.3) is 0 Å². The zero-order valence-electron chi connectivity index (χ0n) is 15.8. The van der Waals surface area contributed by atoms with Gasteiger partial charge in [-0.15, -0.1) is 12.4 Å². The minimum atomic E-state index is -0.0510. The molecule has 0 aromatic heterocycles. The van der Waals surface area contributed by atoms with E-state index in [0.29, 0.717) is 18.4 Å². The summed E-state index contributed by atoms with van der Waals surface area (Å²) >= 11 is 0. The fourth-order valence-corrected chi connectivity index (χ4v) is 4.52. The Bertz CT molecular complexity index is 494. The summed E-state index contributed by atoms with van der Waals surface area (Å²) in [7, 11) is 0. The van der Waals surface area contributed by atoms with Crippen molar-refractivity contribution in [1.82, 2.24) is 4.90 Å². The molecule has 0 N–H and O–H groups in total. The predicted octanol–water partition coefficient (Wildman–Crippen LogP) is 4.76. The zero-order chi connectivity index (χ0) is 17.0. The minimum absolute atomic E-state index is 0. The molecule has 142 valence electrons. The number of halogens is 1. The van der Waals surface area contributed by atoms with Crippen molar-refractivity contribution in [3.05, 3.63) is 24.3 Å². The van der Waals surface area contributed by atoms with Crippen LogP contribution in [-0.2, 0) is 9.53 Å². The second-order valence-corrected chi connectivity index (χ2v) is 8.33. The summed E-state index contributed by atoms with van der Waals surface area (Å²) in [5, 5.41) is 0. The van der Waals surface area contributed by atoms with Crippen molar-refractivity contribution in [1.29, 1.82) is 0 Å². The molecule has 0 saturated carbocycles. The number of nitrogens with zero attached hydrogens (tertiary/aromatic N) is 1. The third-order valence-electron chi connectivity index (χ3n) is 6.07. The first-order chi connectivity index (χ1) is 11.6. The topological polar surface area (TPSA) is 29.5 Å². The molecule has 0 amide bonds. The molecule has 3 nitrogen and oxygen atoms in total. The quantitative estimate of drug-likeness (QED) is 0.500. The van der Waals surface area contributed by atoms with Crippen molar-refractivity contribution >= 4 is 18.4 Å². The molecule has 3 atom stereocenters. The van der Waals surface area contributed by atoms with Crippen LogP contribution in [0.25, 0.3) is 0 Å². The Balaban J connectivity index is 0.00000225. The number of hydrogen-bond donors (Lipinski definition) is 0. The summed E-state index contributed by atoms with van der Waals surface area (Å²) in [5.74, 6) is 0.749. The lowest BCUT2D eigenvalue weighted by molar-refractivity contribution is -0.155. The average molecular weight is 368 g/mol. The Morgan fingerprint density at radius 1 is 1.08 bits per heavy atom. The smallest absolute Gasteiger partial charge is 0.310 e. The summed E-state index contributed by atoms with van der Waals surface area (Å²) in [6, 6.07) is 0. The van der Waals surface area contributed by atoms with Crippen LogP contribution in [0.2, 0.25) is 0 Å². The van der Waals surface area contributed by atoms with E-state index in [1.807, 2.05) is 0 Å². The molecule has 0 aromatic rings. The molecule has 3 rings (SSSR count). The van der Waals surface area contributed by atoms with E-state index in [1.54, 1.807) is 0 Å². The number of allylic oxidation sites excluding steroid dienone is 4. The highest BCUT2D eigenvalue weighted by atomic mass is 35.5. The van der Waals surface area contributed by atoms with E-state index in [1.165, 1.54) is 19.3 Å². The maximum absolute atomic E-state index is 13.0. The van der Waals surface area contributed by atoms with Crippen molar-refractivity contribution in [3.8, 4) is 0 Å². The van der Waals surface area contributed by atoms with Gasteiger partial charge in [-0.25, -0.2) is 0 Å². The SMILES string of the molecule is CC(C)(COC(=O)C(C1C=CCC1)C1C=CCCC1)N1CCCC1.Cl. The van der Waals surface area contributed by atoms with E-state index in [4.69, 9.17) is 4.74 Å². The number of ether oxygens (including phenoxy) is 1. The fraction of sp³-hybridized carbons (Fsp3) is 0.762. The molecule has 1 heterocycles. The summed E-state index contributed by atoms with van der Waals surface area (Å²) in [4.78, 5) is 15.4. The molecule has 25 heavy (non-hydrogen) atoms. The third-order valence-corrected chi connectivity index (χ3v) is 6.07. The highest BCUT2D eigenvalue weighted by Crippen LogP contribution is 2.36. The summed E-state index contributed by atoms with van der Waals surface area (Å²) < 4.78 is 5.90. The Hall–Kier alpha value is -0.800. The number of esters is 1. The monoisotopic (exact) mass is 367 g/mol. The number of carbonyl (C=O) groups excluding carboxylic acids is 1. The Morgan fingerprint density at radius 2 is 1.72 bits per heavy atom. The molecule has 0 spiro atoms. The molecule has 1 fully saturated rings. The van der Waals surface area contributed by atoms with Crippen LogP contribution in [0, 0.1) is 17.8 Å². The van der Waals surface area contributed by atoms with Crippen LogP contribution in [0.15, 0.2) is 24.3 Å². The van der Waals surface area contributed by atoms with Gasteiger partial charge in [0.1, 0.15) is 6.61 Å². The largest absolute Gasteiger partial charge is 0.463 e. The fourth-order valence-electron chi connectivity index (χ4n) is 4.52. The van der Waals surface area contributed by atoms with Crippen LogP contribution in [0.4, 0.5) is 0 Å². The van der Waals surface area contributed by atoms with Gasteiger partial charge in [-0.2, -0.15) is 0 Å². The molecule has 3 aliphatic rings. The van der Waals surface area contributed by atoms with Gasteiger partial charge in [0.15, 0.2) is 0 Å². The molecule has 0 bridgehead atoms. The van der Waals surface area contributed by atoms with Crippen molar-refractivity contribution in [2.45, 2.75) is 64.3 Å². The lowest BCUT2D eigenvalue weighted by atomic mass is 9.76. The van der Waals surface area contributed by atoms with Gasteiger partial charge in [0.05, 0.1) is 5.92 Å². The van der Waals surface area contributed by atoms with Crippen LogP contribution >= 0.6 is 12.4 Å². The summed E-state index contributed by atoms with van der Waals surface area (Å²) in [6.07, 6.45) is 17.2. The van der Waals surface area contributed by atoms with Gasteiger partial charge in [-0.05, 0) is 83.7 Å². The van der Waals surface area contributed by atoms with E-state index in [2.05, 4.69) is 43.1 Å². The lowest BCUT2D eigenvalue weighted by Gasteiger charge is -2.36. The number of carbonyl (C=O) groups is 1. The Labute approximate surface area is 159 Å². The molecular weight excluding hydrogens is 334 g/mol. The second kappa shape index (κ2) is 9.23. The van der Waals surface area contributed by atoms with Crippen molar-refractivity contribution < 1.29 is 9.53 Å². The Kier molecular flexibility index (Phi) is 7.57. The predicted molar refractivity (Wildman–Crippen MR) is 105 cm³/mol. The molecule has 4 heteroatoms. The van der Waals surface area contributed by atoms with Gasteiger partial charge in [0.2, 0.25) is 0 Å². The number of rotatable bonds is 6. The zero-order valence-corrected chi connectivity index (χ0v) is 16.6. The lowest BCUT2D eigenvalue weighted by Crippen LogP contribution is -2.47. The molecule has 3 unspecified atom stereocenters. The first kappa shape index (κ1) is 20.5. The first-order valence-corrected chi connectivity index (χ1v) is 9.83. The molecule has 0 radical (unpaired) electrons. The van der Waals surface area contributed by atoms with E-state index >= 15 is 0 Å². The number of hydrogen-bond acceptors (Lipinski definition) is 3. The summed E-state index contributed by atoms with van der Waals surface area (Å²) in [6.45, 7) is 7.18. The molecule has 1 saturated heterocycles. The Morgan fingerprint density at radius 3 is 2.32 bits per heavy atom. The van der Waals surface area contributed by atoms with Crippen LogP contribution in [0.3, 0.4) is 0 Å². The van der Waals surface area contributed by atoms with Crippen LogP contribution in [0.5, 0.6) is 0 Å². The van der Waals surface area contributed by atoms with Crippen LogP contribution in [-0.4, -0.2) is 36.1 Å². The molecular formula is C21H34ClNO2. The van der Waals surface area contributed by atoms with Gasteiger partial charge >= 0.3 is 5.97 Å². The van der Waals surface area contributed by atoms with Crippen LogP contribution in [0.1, 0.15) is 58.8 Å². The molecule has 2 aliphatic carbocycles. The van der Waals surface area contributed by atoms with Crippen molar-refractivity contribution in [2.24, 2.45) is 17.8 Å². The van der Waals surface area contributed by atoms with Crippen molar-refractivity contribution in [3.63, 3.8) is 0 Å². The molecule has 0 aromatic carbocycles. The van der Waals surface area contributed by atoms with Gasteiger partial charge in [-0.3, -0.25) is 9.69 Å². The normalized spacial score (nSPS) is 27.9. The van der Waals surface area contributed by atoms with Gasteiger partial charge in [0, 0.05) is 5.54 Å². The maximum atomic E-state index is 13.0. The van der Waals surface area contributed by atoms with Gasteiger partial charge < -0.3 is 4.74 Å². The van der Waals surface area contributed by atoms with E-state index < -0.39 is 0 Å². The van der Waals surface area contributed by atoms with Crippen molar-refractivity contribution in [2.75, 3.05) is 19.7 Å². The maximum Gasteiger partial charge on any atom is 0.310 e. The van der Waals surface area contributed by atoms with Gasteiger partial charge in [-0.1, -0.05) is 24.3 Å². The van der Waals surface area contributed by atoms with Crippen LogP contribution < -0.4 is 0 Å². The number of likely N-dealkylation sites (tertiary alicyclic amines) is 1. The summed E-state index contributed by atoms with van der Waals surface area (Å²) in [5.41, 5.74) is -0.0510. The minimum Gasteiger partial charge on any atom is -0.463 e. The van der Waals surface area contributed by atoms with E-state index in [9.17, 15) is 4.79 Å². The first-order valence-electron chi connectivity index (χ1n) is 9.83. The average Bonchev–Trinajstić information content (AvgIpc) is 3.28.